The number of carbonyl (C=O) groups is 1. The molecule has 1 atom stereocenters. The van der Waals surface area contributed by atoms with Crippen LogP contribution in [0.4, 0.5) is 11.4 Å². The summed E-state index contributed by atoms with van der Waals surface area (Å²) < 4.78 is 0. The fourth-order valence-electron chi connectivity index (χ4n) is 3.64. The smallest absolute Gasteiger partial charge is 0.303 e. The third-order valence-corrected chi connectivity index (χ3v) is 6.48. The molecular formula is C26H23ClN2O2S. The van der Waals surface area contributed by atoms with Gasteiger partial charge in [-0.2, -0.15) is 0 Å². The van der Waals surface area contributed by atoms with E-state index in [4.69, 9.17) is 16.6 Å². The molecule has 6 heteroatoms. The zero-order valence-corrected chi connectivity index (χ0v) is 19.2. The largest absolute Gasteiger partial charge is 0.481 e. The minimum absolute atomic E-state index is 0.0523. The molecule has 0 aliphatic carbocycles. The van der Waals surface area contributed by atoms with Gasteiger partial charge in [-0.15, -0.1) is 11.3 Å². The zero-order valence-electron chi connectivity index (χ0n) is 17.6. The monoisotopic (exact) mass is 462 g/mol. The molecule has 32 heavy (non-hydrogen) atoms. The van der Waals surface area contributed by atoms with Gasteiger partial charge in [-0.1, -0.05) is 54.9 Å². The van der Waals surface area contributed by atoms with Crippen LogP contribution in [-0.4, -0.2) is 16.1 Å². The summed E-state index contributed by atoms with van der Waals surface area (Å²) in [5.41, 5.74) is 5.77. The predicted molar refractivity (Wildman–Crippen MR) is 133 cm³/mol. The number of anilines is 2. The highest BCUT2D eigenvalue weighted by molar-refractivity contribution is 7.13. The summed E-state index contributed by atoms with van der Waals surface area (Å²) in [4.78, 5) is 16.2. The van der Waals surface area contributed by atoms with Gasteiger partial charge in [-0.3, -0.25) is 4.79 Å². The molecule has 1 unspecified atom stereocenters. The quantitative estimate of drug-likeness (QED) is 0.280. The van der Waals surface area contributed by atoms with Crippen LogP contribution in [0.15, 0.2) is 78.2 Å². The SMILES string of the molecule is CCC(CC(=O)O)c1ccc(-c2nc(-c3ccccc3)cs2)c(Nc2ccc(Cl)cc2)c1. The summed E-state index contributed by atoms with van der Waals surface area (Å²) in [6.45, 7) is 2.01. The molecule has 4 aromatic rings. The maximum Gasteiger partial charge on any atom is 0.303 e. The van der Waals surface area contributed by atoms with Gasteiger partial charge in [0, 0.05) is 32.9 Å². The Morgan fingerprint density at radius 2 is 1.84 bits per heavy atom. The minimum atomic E-state index is -0.791. The molecule has 162 valence electrons. The van der Waals surface area contributed by atoms with Crippen molar-refractivity contribution in [1.29, 1.82) is 0 Å². The van der Waals surface area contributed by atoms with E-state index in [9.17, 15) is 9.90 Å². The number of nitrogens with zero attached hydrogens (tertiary/aromatic N) is 1. The van der Waals surface area contributed by atoms with Crippen LogP contribution in [-0.2, 0) is 4.79 Å². The van der Waals surface area contributed by atoms with Gasteiger partial charge in [-0.25, -0.2) is 4.98 Å². The fraction of sp³-hybridized carbons (Fsp3) is 0.154. The number of thiazole rings is 1. The molecule has 4 rings (SSSR count). The van der Waals surface area contributed by atoms with Gasteiger partial charge in [0.2, 0.25) is 0 Å². The van der Waals surface area contributed by atoms with Crippen molar-refractivity contribution in [3.05, 3.63) is 88.8 Å². The van der Waals surface area contributed by atoms with Crippen molar-refractivity contribution >= 4 is 40.3 Å². The molecule has 0 aliphatic rings. The highest BCUT2D eigenvalue weighted by Crippen LogP contribution is 2.37. The van der Waals surface area contributed by atoms with Crippen molar-refractivity contribution in [2.24, 2.45) is 0 Å². The topological polar surface area (TPSA) is 62.2 Å². The molecule has 4 nitrogen and oxygen atoms in total. The van der Waals surface area contributed by atoms with Crippen LogP contribution in [0.5, 0.6) is 0 Å². The number of halogens is 1. The van der Waals surface area contributed by atoms with Crippen LogP contribution in [0.2, 0.25) is 5.02 Å². The van der Waals surface area contributed by atoms with Crippen molar-refractivity contribution in [2.45, 2.75) is 25.7 Å². The lowest BCUT2D eigenvalue weighted by atomic mass is 9.92. The summed E-state index contributed by atoms with van der Waals surface area (Å²) in [5, 5.41) is 16.4. The number of aromatic nitrogens is 1. The van der Waals surface area contributed by atoms with Crippen molar-refractivity contribution < 1.29 is 9.90 Å². The lowest BCUT2D eigenvalue weighted by Gasteiger charge is -2.17. The fourth-order valence-corrected chi connectivity index (χ4v) is 4.64. The average Bonchev–Trinajstić information content (AvgIpc) is 3.29. The lowest BCUT2D eigenvalue weighted by molar-refractivity contribution is -0.137. The Kier molecular flexibility index (Phi) is 6.88. The van der Waals surface area contributed by atoms with E-state index in [1.165, 1.54) is 0 Å². The number of aliphatic carboxylic acids is 1. The Balaban J connectivity index is 1.74. The lowest BCUT2D eigenvalue weighted by Crippen LogP contribution is -2.06. The van der Waals surface area contributed by atoms with Gasteiger partial charge in [0.05, 0.1) is 12.1 Å². The van der Waals surface area contributed by atoms with Gasteiger partial charge >= 0.3 is 5.97 Å². The first-order valence-corrected chi connectivity index (χ1v) is 11.7. The molecule has 0 spiro atoms. The van der Waals surface area contributed by atoms with E-state index in [2.05, 4.69) is 10.7 Å². The Bertz CT molecular complexity index is 1210. The molecular weight excluding hydrogens is 440 g/mol. The van der Waals surface area contributed by atoms with E-state index in [1.807, 2.05) is 79.7 Å². The number of hydrogen-bond acceptors (Lipinski definition) is 4. The van der Waals surface area contributed by atoms with Crippen LogP contribution in [0.3, 0.4) is 0 Å². The van der Waals surface area contributed by atoms with Crippen LogP contribution in [0.25, 0.3) is 21.8 Å². The molecule has 0 fully saturated rings. The second-order valence-electron chi connectivity index (χ2n) is 7.54. The molecule has 1 heterocycles. The maximum absolute atomic E-state index is 11.3. The van der Waals surface area contributed by atoms with Gasteiger partial charge in [-0.05, 0) is 54.3 Å². The summed E-state index contributed by atoms with van der Waals surface area (Å²) >= 11 is 7.63. The van der Waals surface area contributed by atoms with Crippen LogP contribution < -0.4 is 5.32 Å². The number of hydrogen-bond donors (Lipinski definition) is 2. The number of rotatable bonds is 8. The van der Waals surface area contributed by atoms with Gasteiger partial charge in [0.1, 0.15) is 5.01 Å². The van der Waals surface area contributed by atoms with E-state index in [0.717, 1.165) is 45.2 Å². The highest BCUT2D eigenvalue weighted by atomic mass is 35.5. The van der Waals surface area contributed by atoms with Gasteiger partial charge in [0.15, 0.2) is 0 Å². The number of carboxylic acids is 1. The molecule has 0 saturated heterocycles. The summed E-state index contributed by atoms with van der Waals surface area (Å²) in [7, 11) is 0. The van der Waals surface area contributed by atoms with Crippen LogP contribution in [0, 0.1) is 0 Å². The van der Waals surface area contributed by atoms with E-state index in [-0.39, 0.29) is 12.3 Å². The molecule has 0 saturated carbocycles. The summed E-state index contributed by atoms with van der Waals surface area (Å²) in [6, 6.07) is 23.7. The number of carboxylic acid groups (broad SMARTS) is 1. The Hall–Kier alpha value is -3.15. The summed E-state index contributed by atoms with van der Waals surface area (Å²) in [5.74, 6) is -0.843. The Labute approximate surface area is 196 Å². The average molecular weight is 463 g/mol. The number of nitrogens with one attached hydrogen (secondary N) is 1. The molecule has 2 N–H and O–H groups in total. The van der Waals surface area contributed by atoms with E-state index >= 15 is 0 Å². The van der Waals surface area contributed by atoms with Crippen molar-refractivity contribution in [1.82, 2.24) is 4.98 Å². The minimum Gasteiger partial charge on any atom is -0.481 e. The van der Waals surface area contributed by atoms with Gasteiger partial charge < -0.3 is 10.4 Å². The first-order chi connectivity index (χ1) is 15.5. The summed E-state index contributed by atoms with van der Waals surface area (Å²) in [6.07, 6.45) is 0.854. The first-order valence-electron chi connectivity index (χ1n) is 10.4. The van der Waals surface area contributed by atoms with Gasteiger partial charge in [0.25, 0.3) is 0 Å². The predicted octanol–water partition coefficient (Wildman–Crippen LogP) is 7.84. The van der Waals surface area contributed by atoms with Crippen LogP contribution >= 0.6 is 22.9 Å². The molecule has 3 aromatic carbocycles. The molecule has 0 aliphatic heterocycles. The van der Waals surface area contributed by atoms with E-state index in [0.29, 0.717) is 5.02 Å². The third-order valence-electron chi connectivity index (χ3n) is 5.36. The van der Waals surface area contributed by atoms with Crippen molar-refractivity contribution in [3.8, 4) is 21.8 Å². The molecule has 0 amide bonds. The number of benzene rings is 3. The highest BCUT2D eigenvalue weighted by Gasteiger charge is 2.18. The Morgan fingerprint density at radius 1 is 1.09 bits per heavy atom. The standard InChI is InChI=1S/C26H23ClN2O2S/c1-2-17(15-25(30)31)19-8-13-22(23(14-19)28-21-11-9-20(27)10-12-21)26-29-24(16-32-26)18-6-4-3-5-7-18/h3-14,16-17,28H,2,15H2,1H3,(H,30,31). The second kappa shape index (κ2) is 9.98. The van der Waals surface area contributed by atoms with E-state index in [1.54, 1.807) is 11.3 Å². The Morgan fingerprint density at radius 3 is 2.53 bits per heavy atom. The first kappa shape index (κ1) is 22.1. The van der Waals surface area contributed by atoms with Crippen molar-refractivity contribution in [2.75, 3.05) is 5.32 Å². The van der Waals surface area contributed by atoms with Crippen LogP contribution in [0.1, 0.15) is 31.2 Å². The normalized spacial score (nSPS) is 11.8. The second-order valence-corrected chi connectivity index (χ2v) is 8.84. The van der Waals surface area contributed by atoms with Crippen molar-refractivity contribution in [3.63, 3.8) is 0 Å². The van der Waals surface area contributed by atoms with E-state index < -0.39 is 5.97 Å². The zero-order chi connectivity index (χ0) is 22.5. The maximum atomic E-state index is 11.3. The third kappa shape index (κ3) is 5.18. The molecule has 0 bridgehead atoms. The molecule has 0 radical (unpaired) electrons. The molecule has 1 aromatic heterocycles.